The SMILES string of the molecule is CCC1(CC)CC2(Cn3nc(C(C)(C)C)cc3-c3c(C)ccc[n+]32)c2ccc(F)c3c2-c2c4c(cccc4cc[n+]21)C3(C)C. The van der Waals surface area contributed by atoms with Gasteiger partial charge in [0, 0.05) is 52.5 Å². The summed E-state index contributed by atoms with van der Waals surface area (Å²) in [5.41, 5.74) is 8.91. The van der Waals surface area contributed by atoms with Gasteiger partial charge in [-0.1, -0.05) is 66.7 Å². The van der Waals surface area contributed by atoms with E-state index in [1.165, 1.54) is 38.9 Å². The lowest BCUT2D eigenvalue weighted by atomic mass is 9.66. The van der Waals surface area contributed by atoms with Gasteiger partial charge in [-0.2, -0.15) is 14.2 Å². The summed E-state index contributed by atoms with van der Waals surface area (Å²) >= 11 is 0. The second-order valence-electron chi connectivity index (χ2n) is 15.1. The topological polar surface area (TPSA) is 25.6 Å². The maximum Gasteiger partial charge on any atom is 0.234 e. The molecule has 0 bridgehead atoms. The maximum absolute atomic E-state index is 16.5. The van der Waals surface area contributed by atoms with Crippen molar-refractivity contribution in [1.82, 2.24) is 9.78 Å². The molecule has 1 atom stereocenters. The summed E-state index contributed by atoms with van der Waals surface area (Å²) in [5.74, 6) is -0.123. The number of hydrogen-bond donors (Lipinski definition) is 0. The van der Waals surface area contributed by atoms with Crippen LogP contribution >= 0.6 is 0 Å². The molecule has 44 heavy (non-hydrogen) atoms. The first-order valence-electron chi connectivity index (χ1n) is 16.3. The lowest BCUT2D eigenvalue weighted by Gasteiger charge is -2.38. The molecule has 0 saturated heterocycles. The number of aromatic nitrogens is 4. The van der Waals surface area contributed by atoms with Gasteiger partial charge in [-0.25, -0.2) is 4.39 Å². The Labute approximate surface area is 260 Å². The molecule has 4 nitrogen and oxygen atoms in total. The number of pyridine rings is 2. The second kappa shape index (κ2) is 8.65. The van der Waals surface area contributed by atoms with Crippen molar-refractivity contribution in [3.63, 3.8) is 0 Å². The summed E-state index contributed by atoms with van der Waals surface area (Å²) in [6.07, 6.45) is 7.38. The van der Waals surface area contributed by atoms with Crippen LogP contribution in [-0.2, 0) is 28.5 Å². The van der Waals surface area contributed by atoms with E-state index in [1.54, 1.807) is 6.07 Å². The van der Waals surface area contributed by atoms with Crippen LogP contribution in [0, 0.1) is 12.7 Å². The van der Waals surface area contributed by atoms with Crippen LogP contribution < -0.4 is 9.13 Å². The number of nitrogens with zero attached hydrogens (tertiary/aromatic N) is 4. The van der Waals surface area contributed by atoms with Gasteiger partial charge in [0.1, 0.15) is 18.1 Å². The predicted octanol–water partition coefficient (Wildman–Crippen LogP) is 8.01. The van der Waals surface area contributed by atoms with E-state index in [-0.39, 0.29) is 16.8 Å². The molecule has 5 heterocycles. The lowest BCUT2D eigenvalue weighted by molar-refractivity contribution is -0.790. The van der Waals surface area contributed by atoms with Gasteiger partial charge in [0.05, 0.1) is 23.1 Å². The number of halogens is 1. The number of aryl methyl sites for hydroxylation is 1. The highest BCUT2D eigenvalue weighted by Crippen LogP contribution is 2.55. The maximum atomic E-state index is 16.5. The van der Waals surface area contributed by atoms with Crippen molar-refractivity contribution in [3.05, 3.63) is 101 Å². The minimum absolute atomic E-state index is 0.0778. The fraction of sp³-hybridized carbons (Fsp3) is 0.410. The van der Waals surface area contributed by atoms with E-state index in [0.29, 0.717) is 6.54 Å². The molecule has 2 aromatic carbocycles. The Morgan fingerprint density at radius 3 is 2.41 bits per heavy atom. The molecular formula is C39H43FN4+2. The lowest BCUT2D eigenvalue weighted by Crippen LogP contribution is -2.68. The summed E-state index contributed by atoms with van der Waals surface area (Å²) in [4.78, 5) is 0. The van der Waals surface area contributed by atoms with E-state index in [2.05, 4.69) is 130 Å². The molecule has 0 radical (unpaired) electrons. The molecule has 3 aromatic heterocycles. The van der Waals surface area contributed by atoms with Crippen molar-refractivity contribution in [2.75, 3.05) is 0 Å². The van der Waals surface area contributed by atoms with Gasteiger partial charge < -0.3 is 0 Å². The zero-order valence-corrected chi connectivity index (χ0v) is 27.3. The third kappa shape index (κ3) is 3.25. The Morgan fingerprint density at radius 2 is 1.68 bits per heavy atom. The zero-order chi connectivity index (χ0) is 31.0. The average Bonchev–Trinajstić information content (AvgIpc) is 3.39. The smallest absolute Gasteiger partial charge is 0.234 e. The minimum atomic E-state index is -0.501. The number of benzene rings is 2. The van der Waals surface area contributed by atoms with E-state index in [4.69, 9.17) is 5.10 Å². The van der Waals surface area contributed by atoms with Gasteiger partial charge in [0.25, 0.3) is 0 Å². The number of rotatable bonds is 2. The first kappa shape index (κ1) is 27.7. The van der Waals surface area contributed by atoms with Gasteiger partial charge in [-0.3, -0.25) is 4.68 Å². The van der Waals surface area contributed by atoms with Crippen LogP contribution in [0.1, 0.15) is 95.7 Å². The van der Waals surface area contributed by atoms with Crippen molar-refractivity contribution in [3.8, 4) is 22.6 Å². The van der Waals surface area contributed by atoms with Crippen molar-refractivity contribution in [2.45, 2.75) is 103 Å². The molecular weight excluding hydrogens is 543 g/mol. The van der Waals surface area contributed by atoms with Crippen LogP contribution in [0.5, 0.6) is 0 Å². The Kier molecular flexibility index (Phi) is 5.44. The van der Waals surface area contributed by atoms with Crippen LogP contribution in [-0.4, -0.2) is 9.78 Å². The van der Waals surface area contributed by atoms with Gasteiger partial charge in [-0.15, -0.1) is 0 Å². The zero-order valence-electron chi connectivity index (χ0n) is 27.3. The quantitative estimate of drug-likeness (QED) is 0.193. The molecule has 1 unspecified atom stereocenters. The number of fused-ring (bicyclic) bond motifs is 5. The molecule has 3 aliphatic rings. The predicted molar refractivity (Wildman–Crippen MR) is 173 cm³/mol. The van der Waals surface area contributed by atoms with Crippen LogP contribution in [0.3, 0.4) is 0 Å². The standard InChI is InChI=1S/C39H43FN4/c1-9-38(10-2)22-39(23-44-29(21-30(41-44)36(4,5)6)34-24(3)13-12-19-43(34)39)27-16-17-28(40)33-32(27)35-31-25(18-20-42(35)38)14-11-15-26(31)37(33,7)8/h11-21H,9-10,22-23H2,1-8H3/q+2. The Hall–Kier alpha value is -3.86. The van der Waals surface area contributed by atoms with Gasteiger partial charge in [0.15, 0.2) is 17.9 Å². The minimum Gasteiger partial charge on any atom is -0.251 e. The van der Waals surface area contributed by atoms with Gasteiger partial charge in [-0.05, 0) is 42.1 Å². The van der Waals surface area contributed by atoms with Crippen LogP contribution in [0.15, 0.2) is 67.0 Å². The highest BCUT2D eigenvalue weighted by Gasteiger charge is 2.62. The Morgan fingerprint density at radius 1 is 0.909 bits per heavy atom. The monoisotopic (exact) mass is 586 g/mol. The molecule has 1 spiro atoms. The third-order valence-electron chi connectivity index (χ3n) is 11.5. The van der Waals surface area contributed by atoms with E-state index in [9.17, 15) is 0 Å². The van der Waals surface area contributed by atoms with Crippen molar-refractivity contribution >= 4 is 10.8 Å². The molecule has 2 aliphatic heterocycles. The molecule has 0 fully saturated rings. The van der Waals surface area contributed by atoms with Gasteiger partial charge >= 0.3 is 0 Å². The Bertz CT molecular complexity index is 2040. The van der Waals surface area contributed by atoms with Gasteiger partial charge in [0.2, 0.25) is 16.9 Å². The Balaban J connectivity index is 1.59. The normalized spacial score (nSPS) is 20.4. The highest BCUT2D eigenvalue weighted by atomic mass is 19.1. The van der Waals surface area contributed by atoms with Crippen molar-refractivity contribution in [1.29, 1.82) is 0 Å². The van der Waals surface area contributed by atoms with E-state index in [1.807, 2.05) is 0 Å². The first-order valence-corrected chi connectivity index (χ1v) is 16.3. The van der Waals surface area contributed by atoms with Crippen molar-refractivity contribution in [2.24, 2.45) is 0 Å². The molecule has 0 N–H and O–H groups in total. The molecule has 1 aliphatic carbocycles. The van der Waals surface area contributed by atoms with Crippen molar-refractivity contribution < 1.29 is 13.5 Å². The van der Waals surface area contributed by atoms with E-state index in [0.717, 1.165) is 41.8 Å². The largest absolute Gasteiger partial charge is 0.251 e. The summed E-state index contributed by atoms with van der Waals surface area (Å²) in [6.45, 7) is 18.7. The molecule has 5 heteroatoms. The fourth-order valence-electron chi connectivity index (χ4n) is 9.08. The second-order valence-corrected chi connectivity index (χ2v) is 15.1. The molecule has 0 amide bonds. The van der Waals surface area contributed by atoms with E-state index < -0.39 is 11.0 Å². The summed E-state index contributed by atoms with van der Waals surface area (Å²) in [7, 11) is 0. The van der Waals surface area contributed by atoms with Crippen LogP contribution in [0.2, 0.25) is 0 Å². The van der Waals surface area contributed by atoms with E-state index >= 15 is 4.39 Å². The summed E-state index contributed by atoms with van der Waals surface area (Å²) in [6, 6.07) is 19.4. The van der Waals surface area contributed by atoms with Crippen LogP contribution in [0.25, 0.3) is 33.4 Å². The third-order valence-corrected chi connectivity index (χ3v) is 11.5. The van der Waals surface area contributed by atoms with Crippen LogP contribution in [0.4, 0.5) is 4.39 Å². The summed E-state index contributed by atoms with van der Waals surface area (Å²) < 4.78 is 23.9. The average molecular weight is 587 g/mol. The summed E-state index contributed by atoms with van der Waals surface area (Å²) in [5, 5.41) is 7.80. The fourth-order valence-corrected chi connectivity index (χ4v) is 9.08. The molecule has 8 rings (SSSR count). The number of hydrogen-bond acceptors (Lipinski definition) is 1. The highest BCUT2D eigenvalue weighted by molar-refractivity contribution is 6.01. The first-order chi connectivity index (χ1) is 20.9. The molecule has 224 valence electrons. The molecule has 5 aromatic rings. The molecule has 0 saturated carbocycles.